The van der Waals surface area contributed by atoms with Crippen LogP contribution in [-0.4, -0.2) is 4.57 Å². The summed E-state index contributed by atoms with van der Waals surface area (Å²) in [5, 5.41) is 8.88. The van der Waals surface area contributed by atoms with Gasteiger partial charge in [-0.3, -0.25) is 0 Å². The van der Waals surface area contributed by atoms with Gasteiger partial charge < -0.3 is 4.57 Å². The lowest BCUT2D eigenvalue weighted by Crippen LogP contribution is -2.11. The van der Waals surface area contributed by atoms with Crippen molar-refractivity contribution < 1.29 is 13.2 Å². The molecule has 2 aromatic rings. The maximum Gasteiger partial charge on any atom is 0.431 e. The fraction of sp³-hybridized carbons (Fsp3) is 0.0833. The van der Waals surface area contributed by atoms with Gasteiger partial charge in [-0.05, 0) is 18.2 Å². The summed E-state index contributed by atoms with van der Waals surface area (Å²) in [7, 11) is 0. The van der Waals surface area contributed by atoms with Gasteiger partial charge in [0, 0.05) is 6.20 Å². The molecule has 0 unspecified atom stereocenters. The fourth-order valence-corrected chi connectivity index (χ4v) is 1.82. The molecule has 0 N–H and O–H groups in total. The normalized spacial score (nSPS) is 11.3. The second kappa shape index (κ2) is 4.39. The summed E-state index contributed by atoms with van der Waals surface area (Å²) in [6.45, 7) is 0. The average molecular weight is 271 g/mol. The van der Waals surface area contributed by atoms with Crippen LogP contribution in [-0.2, 0) is 6.18 Å². The molecule has 0 amide bonds. The molecule has 2 nitrogen and oxygen atoms in total. The van der Waals surface area contributed by atoms with Crippen LogP contribution in [0.3, 0.4) is 0 Å². The highest BCUT2D eigenvalue weighted by atomic mass is 35.5. The summed E-state index contributed by atoms with van der Waals surface area (Å²) in [5.41, 5.74) is -0.803. The standard InChI is InChI=1S/C12H6ClF3N2/c13-9-3-1-2-4-10(9)18-7-8(6-17)5-11(18)12(14,15)16/h1-5,7H. The van der Waals surface area contributed by atoms with Crippen molar-refractivity contribution in [3.8, 4) is 11.8 Å². The first-order valence-corrected chi connectivity index (χ1v) is 5.26. The average Bonchev–Trinajstić information content (AvgIpc) is 2.73. The first kappa shape index (κ1) is 12.5. The molecule has 2 rings (SSSR count). The molecule has 1 aromatic heterocycles. The minimum Gasteiger partial charge on any atom is -0.310 e. The van der Waals surface area contributed by atoms with E-state index in [1.807, 2.05) is 0 Å². The Morgan fingerprint density at radius 1 is 1.22 bits per heavy atom. The van der Waals surface area contributed by atoms with Crippen LogP contribution < -0.4 is 0 Å². The van der Waals surface area contributed by atoms with E-state index < -0.39 is 11.9 Å². The van der Waals surface area contributed by atoms with Gasteiger partial charge in [-0.25, -0.2) is 0 Å². The molecule has 0 aliphatic rings. The minimum absolute atomic E-state index is 0.0674. The van der Waals surface area contributed by atoms with Crippen molar-refractivity contribution in [3.05, 3.63) is 52.8 Å². The van der Waals surface area contributed by atoms with Crippen molar-refractivity contribution in [2.24, 2.45) is 0 Å². The molecule has 18 heavy (non-hydrogen) atoms. The summed E-state index contributed by atoms with van der Waals surface area (Å²) in [6, 6.07) is 8.62. The SMILES string of the molecule is N#Cc1cc(C(F)(F)F)n(-c2ccccc2Cl)c1. The van der Waals surface area contributed by atoms with Crippen LogP contribution in [0.5, 0.6) is 0 Å². The van der Waals surface area contributed by atoms with Gasteiger partial charge in [0.05, 0.1) is 16.3 Å². The smallest absolute Gasteiger partial charge is 0.310 e. The second-order valence-electron chi connectivity index (χ2n) is 3.54. The molecule has 0 atom stereocenters. The molecular weight excluding hydrogens is 265 g/mol. The Morgan fingerprint density at radius 3 is 2.44 bits per heavy atom. The van der Waals surface area contributed by atoms with Gasteiger partial charge in [0.25, 0.3) is 0 Å². The lowest BCUT2D eigenvalue weighted by molar-refractivity contribution is -0.142. The molecule has 0 aliphatic carbocycles. The largest absolute Gasteiger partial charge is 0.431 e. The predicted molar refractivity (Wildman–Crippen MR) is 60.5 cm³/mol. The molecule has 0 saturated heterocycles. The molecule has 1 heterocycles. The van der Waals surface area contributed by atoms with Crippen molar-refractivity contribution in [2.45, 2.75) is 6.18 Å². The predicted octanol–water partition coefficient (Wildman–Crippen LogP) is 4.02. The molecule has 0 bridgehead atoms. The zero-order valence-electron chi connectivity index (χ0n) is 8.87. The number of alkyl halides is 3. The zero-order chi connectivity index (χ0) is 13.3. The number of halogens is 4. The third-order valence-corrected chi connectivity index (χ3v) is 2.67. The zero-order valence-corrected chi connectivity index (χ0v) is 9.63. The number of aromatic nitrogens is 1. The molecule has 0 fully saturated rings. The number of nitrogens with zero attached hydrogens (tertiary/aromatic N) is 2. The van der Waals surface area contributed by atoms with Crippen molar-refractivity contribution in [1.29, 1.82) is 5.26 Å². The molecule has 92 valence electrons. The van der Waals surface area contributed by atoms with Gasteiger partial charge in [0.2, 0.25) is 0 Å². The van der Waals surface area contributed by atoms with E-state index in [0.717, 1.165) is 16.8 Å². The Bertz CT molecular complexity index is 623. The number of nitriles is 1. The molecule has 1 aromatic carbocycles. The van der Waals surface area contributed by atoms with Gasteiger partial charge >= 0.3 is 6.18 Å². The van der Waals surface area contributed by atoms with E-state index in [-0.39, 0.29) is 16.3 Å². The molecule has 0 radical (unpaired) electrons. The highest BCUT2D eigenvalue weighted by Gasteiger charge is 2.35. The topological polar surface area (TPSA) is 28.7 Å². The van der Waals surface area contributed by atoms with Gasteiger partial charge in [0.15, 0.2) is 0 Å². The Morgan fingerprint density at radius 2 is 1.89 bits per heavy atom. The van der Waals surface area contributed by atoms with Crippen LogP contribution in [0.1, 0.15) is 11.3 Å². The summed E-state index contributed by atoms with van der Waals surface area (Å²) in [5.74, 6) is 0. The molecule has 0 saturated carbocycles. The summed E-state index contributed by atoms with van der Waals surface area (Å²) in [4.78, 5) is 0. The van der Waals surface area contributed by atoms with Gasteiger partial charge in [0.1, 0.15) is 11.8 Å². The number of benzene rings is 1. The number of para-hydroxylation sites is 1. The van der Waals surface area contributed by atoms with E-state index in [2.05, 4.69) is 0 Å². The number of hydrogen-bond acceptors (Lipinski definition) is 1. The highest BCUT2D eigenvalue weighted by Crippen LogP contribution is 2.34. The Labute approximate surface area is 106 Å². The lowest BCUT2D eigenvalue weighted by atomic mass is 10.3. The second-order valence-corrected chi connectivity index (χ2v) is 3.95. The molecular formula is C12H6ClF3N2. The number of hydrogen-bond donors (Lipinski definition) is 0. The van der Waals surface area contributed by atoms with E-state index in [1.165, 1.54) is 12.1 Å². The first-order valence-electron chi connectivity index (χ1n) is 4.88. The maximum absolute atomic E-state index is 12.8. The van der Waals surface area contributed by atoms with Gasteiger partial charge in [-0.2, -0.15) is 18.4 Å². The van der Waals surface area contributed by atoms with Crippen LogP contribution in [0.25, 0.3) is 5.69 Å². The Kier molecular flexibility index (Phi) is 3.05. The van der Waals surface area contributed by atoms with E-state index >= 15 is 0 Å². The van der Waals surface area contributed by atoms with Crippen LogP contribution in [0.4, 0.5) is 13.2 Å². The van der Waals surface area contributed by atoms with E-state index in [1.54, 1.807) is 18.2 Å². The van der Waals surface area contributed by atoms with Crippen molar-refractivity contribution in [2.75, 3.05) is 0 Å². The van der Waals surface area contributed by atoms with E-state index in [0.29, 0.717) is 0 Å². The Balaban J connectivity index is 2.68. The van der Waals surface area contributed by atoms with Gasteiger partial charge in [-0.15, -0.1) is 0 Å². The first-order chi connectivity index (χ1) is 8.43. The quantitative estimate of drug-likeness (QED) is 0.769. The third kappa shape index (κ3) is 2.20. The summed E-state index contributed by atoms with van der Waals surface area (Å²) in [6.07, 6.45) is -3.43. The molecule has 0 aliphatic heterocycles. The highest BCUT2D eigenvalue weighted by molar-refractivity contribution is 6.32. The minimum atomic E-state index is -4.55. The van der Waals surface area contributed by atoms with Crippen LogP contribution in [0.15, 0.2) is 36.5 Å². The summed E-state index contributed by atoms with van der Waals surface area (Å²) < 4.78 is 39.4. The molecule has 0 spiro atoms. The maximum atomic E-state index is 12.8. The fourth-order valence-electron chi connectivity index (χ4n) is 1.59. The van der Waals surface area contributed by atoms with Crippen LogP contribution >= 0.6 is 11.6 Å². The van der Waals surface area contributed by atoms with Gasteiger partial charge in [-0.1, -0.05) is 23.7 Å². The third-order valence-electron chi connectivity index (χ3n) is 2.35. The lowest BCUT2D eigenvalue weighted by Gasteiger charge is -2.12. The molecule has 6 heteroatoms. The monoisotopic (exact) mass is 270 g/mol. The van der Waals surface area contributed by atoms with Crippen molar-refractivity contribution in [1.82, 2.24) is 4.57 Å². The van der Waals surface area contributed by atoms with E-state index in [9.17, 15) is 13.2 Å². The number of rotatable bonds is 1. The van der Waals surface area contributed by atoms with Crippen LogP contribution in [0.2, 0.25) is 5.02 Å². The van der Waals surface area contributed by atoms with Crippen LogP contribution in [0, 0.1) is 11.3 Å². The Hall–Kier alpha value is -1.93. The van der Waals surface area contributed by atoms with Crippen molar-refractivity contribution in [3.63, 3.8) is 0 Å². The van der Waals surface area contributed by atoms with E-state index in [4.69, 9.17) is 16.9 Å². The summed E-state index contributed by atoms with van der Waals surface area (Å²) >= 11 is 5.86. The van der Waals surface area contributed by atoms with Crippen molar-refractivity contribution >= 4 is 11.6 Å².